The highest BCUT2D eigenvalue weighted by molar-refractivity contribution is 7.91. The number of nitrogens with one attached hydrogen (secondary N) is 1. The van der Waals surface area contributed by atoms with Crippen molar-refractivity contribution in [1.29, 1.82) is 0 Å². The number of sulfonamides is 1. The SMILES string of the molecule is Cn1cc(NS(=O)(=O)Cc2cc(F)cc(F)c2)cn1. The van der Waals surface area contributed by atoms with E-state index in [0.29, 0.717) is 11.8 Å². The molecule has 1 N–H and O–H groups in total. The number of benzene rings is 1. The van der Waals surface area contributed by atoms with Crippen molar-refractivity contribution in [3.8, 4) is 0 Å². The van der Waals surface area contributed by atoms with Crippen molar-refractivity contribution in [3.63, 3.8) is 0 Å². The van der Waals surface area contributed by atoms with Gasteiger partial charge in [0, 0.05) is 19.3 Å². The minimum atomic E-state index is -3.74. The molecule has 5 nitrogen and oxygen atoms in total. The molecule has 0 amide bonds. The first-order valence-electron chi connectivity index (χ1n) is 5.28. The lowest BCUT2D eigenvalue weighted by molar-refractivity contribution is 0.579. The highest BCUT2D eigenvalue weighted by atomic mass is 32.2. The van der Waals surface area contributed by atoms with E-state index in [1.807, 2.05) is 0 Å². The van der Waals surface area contributed by atoms with Crippen molar-refractivity contribution < 1.29 is 17.2 Å². The molecule has 0 radical (unpaired) electrons. The van der Waals surface area contributed by atoms with Crippen LogP contribution in [0.1, 0.15) is 5.56 Å². The van der Waals surface area contributed by atoms with Gasteiger partial charge < -0.3 is 0 Å². The van der Waals surface area contributed by atoms with Crippen LogP contribution in [-0.4, -0.2) is 18.2 Å². The van der Waals surface area contributed by atoms with Crippen LogP contribution in [-0.2, 0) is 22.8 Å². The lowest BCUT2D eigenvalue weighted by Crippen LogP contribution is -2.15. The van der Waals surface area contributed by atoms with E-state index in [1.54, 1.807) is 7.05 Å². The second-order valence-corrected chi connectivity index (χ2v) is 5.76. The summed E-state index contributed by atoms with van der Waals surface area (Å²) in [6.45, 7) is 0. The van der Waals surface area contributed by atoms with Crippen LogP contribution in [0.3, 0.4) is 0 Å². The molecule has 0 saturated heterocycles. The molecule has 1 aromatic heterocycles. The summed E-state index contributed by atoms with van der Waals surface area (Å²) in [5.41, 5.74) is 0.327. The molecular formula is C11H11F2N3O2S. The summed E-state index contributed by atoms with van der Waals surface area (Å²) >= 11 is 0. The molecule has 0 aliphatic carbocycles. The molecule has 1 heterocycles. The Balaban J connectivity index is 2.16. The zero-order valence-electron chi connectivity index (χ0n) is 9.97. The monoisotopic (exact) mass is 287 g/mol. The Morgan fingerprint density at radius 1 is 1.26 bits per heavy atom. The Bertz CT molecular complexity index is 677. The largest absolute Gasteiger partial charge is 0.280 e. The topological polar surface area (TPSA) is 64.0 Å². The number of rotatable bonds is 4. The van der Waals surface area contributed by atoms with Crippen LogP contribution in [0.15, 0.2) is 30.6 Å². The predicted octanol–water partition coefficient (Wildman–Crippen LogP) is 1.64. The lowest BCUT2D eigenvalue weighted by atomic mass is 10.2. The van der Waals surface area contributed by atoms with Gasteiger partial charge >= 0.3 is 0 Å². The van der Waals surface area contributed by atoms with Gasteiger partial charge in [0.1, 0.15) is 11.6 Å². The smallest absolute Gasteiger partial charge is 0.237 e. The minimum Gasteiger partial charge on any atom is -0.280 e. The first kappa shape index (κ1) is 13.5. The van der Waals surface area contributed by atoms with E-state index in [-0.39, 0.29) is 5.56 Å². The van der Waals surface area contributed by atoms with Gasteiger partial charge in [-0.15, -0.1) is 0 Å². The fourth-order valence-electron chi connectivity index (χ4n) is 1.60. The number of aromatic nitrogens is 2. The summed E-state index contributed by atoms with van der Waals surface area (Å²) < 4.78 is 53.2. The third-order valence-corrected chi connectivity index (χ3v) is 3.52. The van der Waals surface area contributed by atoms with Crippen LogP contribution >= 0.6 is 0 Å². The molecule has 2 aromatic rings. The van der Waals surface area contributed by atoms with E-state index < -0.39 is 27.4 Å². The van der Waals surface area contributed by atoms with Gasteiger partial charge in [-0.1, -0.05) is 0 Å². The number of hydrogen-bond acceptors (Lipinski definition) is 3. The number of nitrogens with zero attached hydrogens (tertiary/aromatic N) is 2. The summed E-state index contributed by atoms with van der Waals surface area (Å²) in [7, 11) is -2.11. The molecule has 19 heavy (non-hydrogen) atoms. The summed E-state index contributed by atoms with van der Waals surface area (Å²) in [6, 6.07) is 2.64. The highest BCUT2D eigenvalue weighted by Gasteiger charge is 2.14. The third-order valence-electron chi connectivity index (χ3n) is 2.26. The van der Waals surface area contributed by atoms with E-state index in [4.69, 9.17) is 0 Å². The van der Waals surface area contributed by atoms with Crippen molar-refractivity contribution in [2.45, 2.75) is 5.75 Å². The Morgan fingerprint density at radius 2 is 1.89 bits per heavy atom. The Labute approximate surface area is 108 Å². The Morgan fingerprint density at radius 3 is 2.42 bits per heavy atom. The summed E-state index contributed by atoms with van der Waals surface area (Å²) in [5, 5.41) is 3.81. The number of hydrogen-bond donors (Lipinski definition) is 1. The molecule has 2 rings (SSSR count). The van der Waals surface area contributed by atoms with Crippen molar-refractivity contribution in [3.05, 3.63) is 47.8 Å². The van der Waals surface area contributed by atoms with Gasteiger partial charge in [0.25, 0.3) is 0 Å². The number of aryl methyl sites for hydroxylation is 1. The first-order valence-corrected chi connectivity index (χ1v) is 6.93. The van der Waals surface area contributed by atoms with E-state index in [1.165, 1.54) is 17.1 Å². The van der Waals surface area contributed by atoms with Crippen LogP contribution in [0.5, 0.6) is 0 Å². The summed E-state index contributed by atoms with van der Waals surface area (Å²) in [6.07, 6.45) is 2.81. The normalized spacial score (nSPS) is 11.5. The van der Waals surface area contributed by atoms with E-state index in [2.05, 4.69) is 9.82 Å². The van der Waals surface area contributed by atoms with E-state index in [0.717, 1.165) is 12.1 Å². The molecule has 8 heteroatoms. The molecule has 1 aromatic carbocycles. The molecule has 0 aliphatic rings. The maximum Gasteiger partial charge on any atom is 0.237 e. The summed E-state index contributed by atoms with van der Waals surface area (Å²) in [5.74, 6) is -2.14. The number of halogens is 2. The quantitative estimate of drug-likeness (QED) is 0.929. The van der Waals surface area contributed by atoms with Crippen LogP contribution in [0, 0.1) is 11.6 Å². The fourth-order valence-corrected chi connectivity index (χ4v) is 2.75. The Hall–Kier alpha value is -1.96. The van der Waals surface area contributed by atoms with Crippen LogP contribution in [0.4, 0.5) is 14.5 Å². The first-order chi connectivity index (χ1) is 8.84. The van der Waals surface area contributed by atoms with Crippen molar-refractivity contribution in [1.82, 2.24) is 9.78 Å². The molecule has 102 valence electrons. The van der Waals surface area contributed by atoms with Gasteiger partial charge in [0.05, 0.1) is 17.6 Å². The van der Waals surface area contributed by atoms with Gasteiger partial charge in [-0.2, -0.15) is 5.10 Å². The van der Waals surface area contributed by atoms with Crippen molar-refractivity contribution in [2.24, 2.45) is 7.05 Å². The minimum absolute atomic E-state index is 0.0360. The van der Waals surface area contributed by atoms with Crippen molar-refractivity contribution >= 4 is 15.7 Å². The van der Waals surface area contributed by atoms with Gasteiger partial charge in [-0.25, -0.2) is 17.2 Å². The van der Waals surface area contributed by atoms with Crippen LogP contribution < -0.4 is 4.72 Å². The highest BCUT2D eigenvalue weighted by Crippen LogP contribution is 2.14. The lowest BCUT2D eigenvalue weighted by Gasteiger charge is -2.06. The molecule has 0 aliphatic heterocycles. The maximum atomic E-state index is 13.0. The standard InChI is InChI=1S/C11H11F2N3O2S/c1-16-6-11(5-14-16)15-19(17,18)7-8-2-9(12)4-10(13)3-8/h2-6,15H,7H2,1H3. The van der Waals surface area contributed by atoms with Gasteiger partial charge in [-0.3, -0.25) is 9.40 Å². The van der Waals surface area contributed by atoms with E-state index >= 15 is 0 Å². The number of anilines is 1. The molecule has 0 fully saturated rings. The van der Waals surface area contributed by atoms with Gasteiger partial charge in [0.2, 0.25) is 10.0 Å². The summed E-state index contributed by atoms with van der Waals surface area (Å²) in [4.78, 5) is 0. The predicted molar refractivity (Wildman–Crippen MR) is 65.8 cm³/mol. The van der Waals surface area contributed by atoms with Gasteiger partial charge in [-0.05, 0) is 17.7 Å². The van der Waals surface area contributed by atoms with Gasteiger partial charge in [0.15, 0.2) is 0 Å². The van der Waals surface area contributed by atoms with E-state index in [9.17, 15) is 17.2 Å². The zero-order chi connectivity index (χ0) is 14.0. The molecular weight excluding hydrogens is 276 g/mol. The maximum absolute atomic E-state index is 13.0. The van der Waals surface area contributed by atoms with Crippen LogP contribution in [0.2, 0.25) is 0 Å². The molecule has 0 spiro atoms. The second kappa shape index (κ2) is 4.96. The van der Waals surface area contributed by atoms with Crippen molar-refractivity contribution in [2.75, 3.05) is 4.72 Å². The average Bonchev–Trinajstić information content (AvgIpc) is 2.60. The molecule has 0 bridgehead atoms. The van der Waals surface area contributed by atoms with Crippen LogP contribution in [0.25, 0.3) is 0 Å². The average molecular weight is 287 g/mol. The third kappa shape index (κ3) is 3.75. The zero-order valence-corrected chi connectivity index (χ0v) is 10.8. The fraction of sp³-hybridized carbons (Fsp3) is 0.182. The molecule has 0 unspecified atom stereocenters. The molecule has 0 atom stereocenters. The molecule has 0 saturated carbocycles. The Kier molecular flexibility index (Phi) is 3.52. The second-order valence-electron chi connectivity index (χ2n) is 4.04.